The van der Waals surface area contributed by atoms with E-state index in [1.165, 1.54) is 17.0 Å². The number of nitrogens with zero attached hydrogens (tertiary/aromatic N) is 2. The van der Waals surface area contributed by atoms with Gasteiger partial charge in [-0.1, -0.05) is 18.2 Å². The van der Waals surface area contributed by atoms with Crippen molar-refractivity contribution in [1.29, 1.82) is 5.26 Å². The van der Waals surface area contributed by atoms with Gasteiger partial charge < -0.3 is 19.7 Å². The average molecular weight is 485 g/mol. The molecule has 1 aliphatic rings. The molecule has 1 atom stereocenters. The number of carbonyl (C=O) groups is 2. The van der Waals surface area contributed by atoms with Gasteiger partial charge in [0.2, 0.25) is 0 Å². The van der Waals surface area contributed by atoms with Crippen LogP contribution >= 0.6 is 0 Å². The van der Waals surface area contributed by atoms with Crippen LogP contribution in [0.15, 0.2) is 72.3 Å². The second-order valence-electron chi connectivity index (χ2n) is 7.95. The molecule has 1 fully saturated rings. The second kappa shape index (κ2) is 10.2. The summed E-state index contributed by atoms with van der Waals surface area (Å²) in [7, 11) is 0. The molecule has 0 saturated carbocycles. The zero-order chi connectivity index (χ0) is 25.8. The smallest absolute Gasteiger partial charge is 0.300 e. The fraction of sp³-hybridized carbons (Fsp3) is 0.179. The molecule has 0 bridgehead atoms. The Balaban J connectivity index is 1.94. The fourth-order valence-corrected chi connectivity index (χ4v) is 4.14. The number of rotatable bonds is 7. The van der Waals surface area contributed by atoms with Crippen LogP contribution in [0.25, 0.3) is 5.76 Å². The lowest BCUT2D eigenvalue weighted by Gasteiger charge is -2.26. The first-order valence-electron chi connectivity index (χ1n) is 11.4. The minimum Gasteiger partial charge on any atom is -0.507 e. The van der Waals surface area contributed by atoms with E-state index in [-0.39, 0.29) is 29.4 Å². The third-order valence-electron chi connectivity index (χ3n) is 5.74. The number of hydrogen-bond donors (Lipinski definition) is 2. The molecule has 182 valence electrons. The Morgan fingerprint density at radius 1 is 1.00 bits per heavy atom. The van der Waals surface area contributed by atoms with Crippen molar-refractivity contribution in [2.45, 2.75) is 19.9 Å². The van der Waals surface area contributed by atoms with Crippen LogP contribution in [-0.2, 0) is 9.59 Å². The topological polar surface area (TPSA) is 120 Å². The normalized spacial score (nSPS) is 16.6. The lowest BCUT2D eigenvalue weighted by Crippen LogP contribution is -2.29. The highest BCUT2D eigenvalue weighted by atomic mass is 16.5. The molecule has 8 nitrogen and oxygen atoms in total. The minimum absolute atomic E-state index is 0.0969. The Morgan fingerprint density at radius 2 is 1.72 bits per heavy atom. The summed E-state index contributed by atoms with van der Waals surface area (Å²) in [4.78, 5) is 27.9. The molecule has 3 aromatic carbocycles. The van der Waals surface area contributed by atoms with Crippen LogP contribution in [0.5, 0.6) is 17.2 Å². The van der Waals surface area contributed by atoms with Crippen LogP contribution in [0, 0.1) is 11.3 Å². The number of ether oxygens (including phenoxy) is 2. The van der Waals surface area contributed by atoms with Gasteiger partial charge in [-0.25, -0.2) is 0 Å². The van der Waals surface area contributed by atoms with Crippen molar-refractivity contribution in [3.8, 4) is 23.3 Å². The van der Waals surface area contributed by atoms with Crippen LogP contribution in [-0.4, -0.2) is 35.1 Å². The number of benzene rings is 3. The molecule has 36 heavy (non-hydrogen) atoms. The first kappa shape index (κ1) is 24.4. The number of Topliss-reactive ketones (excluding diaryl/α,β-unsaturated/α-hetero) is 1. The number of phenols is 1. The summed E-state index contributed by atoms with van der Waals surface area (Å²) in [5.41, 5.74) is 1.40. The van der Waals surface area contributed by atoms with Gasteiger partial charge in [-0.2, -0.15) is 5.26 Å². The van der Waals surface area contributed by atoms with Crippen molar-refractivity contribution in [3.63, 3.8) is 0 Å². The van der Waals surface area contributed by atoms with Crippen LogP contribution in [0.2, 0.25) is 0 Å². The number of amides is 1. The molecule has 0 aromatic heterocycles. The van der Waals surface area contributed by atoms with E-state index in [1.54, 1.807) is 61.5 Å². The zero-order valence-corrected chi connectivity index (χ0v) is 19.8. The van der Waals surface area contributed by atoms with Gasteiger partial charge in [0, 0.05) is 11.3 Å². The summed E-state index contributed by atoms with van der Waals surface area (Å²) in [6.07, 6.45) is 0. The molecule has 3 aromatic rings. The summed E-state index contributed by atoms with van der Waals surface area (Å²) in [5.74, 6) is -1.48. The molecule has 1 heterocycles. The van der Waals surface area contributed by atoms with Gasteiger partial charge in [0.25, 0.3) is 11.7 Å². The number of aliphatic hydroxyl groups excluding tert-OH is 1. The second-order valence-corrected chi connectivity index (χ2v) is 7.95. The molecule has 1 saturated heterocycles. The summed E-state index contributed by atoms with van der Waals surface area (Å²) in [6, 6.07) is 18.3. The number of ketones is 1. The van der Waals surface area contributed by atoms with Crippen molar-refractivity contribution in [1.82, 2.24) is 0 Å². The largest absolute Gasteiger partial charge is 0.507 e. The molecule has 0 radical (unpaired) electrons. The number of aromatic hydroxyl groups is 1. The van der Waals surface area contributed by atoms with Gasteiger partial charge in [-0.05, 0) is 67.9 Å². The van der Waals surface area contributed by atoms with Crippen LogP contribution < -0.4 is 14.4 Å². The minimum atomic E-state index is -1.02. The Bertz CT molecular complexity index is 1390. The molecule has 8 heteroatoms. The summed E-state index contributed by atoms with van der Waals surface area (Å²) in [5, 5.41) is 30.7. The number of anilines is 1. The van der Waals surface area contributed by atoms with Gasteiger partial charge in [0.05, 0.1) is 36.5 Å². The van der Waals surface area contributed by atoms with Crippen LogP contribution in [0.4, 0.5) is 5.69 Å². The third-order valence-corrected chi connectivity index (χ3v) is 5.74. The molecule has 1 amide bonds. The summed E-state index contributed by atoms with van der Waals surface area (Å²) in [6.45, 7) is 4.30. The number of carbonyl (C=O) groups excluding carboxylic acids is 2. The Hall–Kier alpha value is -4.77. The van der Waals surface area contributed by atoms with Crippen molar-refractivity contribution in [3.05, 3.63) is 89.0 Å². The predicted molar refractivity (Wildman–Crippen MR) is 133 cm³/mol. The zero-order valence-electron chi connectivity index (χ0n) is 19.8. The Morgan fingerprint density at radius 3 is 2.39 bits per heavy atom. The molecule has 0 spiro atoms. The van der Waals surface area contributed by atoms with Gasteiger partial charge >= 0.3 is 0 Å². The van der Waals surface area contributed by atoms with E-state index >= 15 is 0 Å². The van der Waals surface area contributed by atoms with Crippen LogP contribution in [0.1, 0.15) is 36.6 Å². The summed E-state index contributed by atoms with van der Waals surface area (Å²) < 4.78 is 11.0. The average Bonchev–Trinajstić information content (AvgIpc) is 3.15. The molecule has 2 N–H and O–H groups in total. The lowest BCUT2D eigenvalue weighted by molar-refractivity contribution is -0.132. The van der Waals surface area contributed by atoms with Gasteiger partial charge in [-0.15, -0.1) is 0 Å². The van der Waals surface area contributed by atoms with Crippen molar-refractivity contribution < 1.29 is 29.3 Å². The lowest BCUT2D eigenvalue weighted by atomic mass is 9.94. The van der Waals surface area contributed by atoms with E-state index in [1.807, 2.05) is 13.0 Å². The number of phenolic OH excluding ortho intramolecular Hbond substituents is 1. The monoisotopic (exact) mass is 484 g/mol. The van der Waals surface area contributed by atoms with Crippen molar-refractivity contribution in [2.75, 3.05) is 18.1 Å². The van der Waals surface area contributed by atoms with E-state index in [9.17, 15) is 19.8 Å². The van der Waals surface area contributed by atoms with Gasteiger partial charge in [-0.3, -0.25) is 14.5 Å². The number of nitriles is 1. The third kappa shape index (κ3) is 4.46. The quantitative estimate of drug-likeness (QED) is 0.284. The highest BCUT2D eigenvalue weighted by molar-refractivity contribution is 6.51. The molecule has 4 rings (SSSR count). The molecule has 1 aliphatic heterocycles. The van der Waals surface area contributed by atoms with Gasteiger partial charge in [0.15, 0.2) is 11.5 Å². The molecular weight excluding hydrogens is 460 g/mol. The maximum absolute atomic E-state index is 13.3. The maximum Gasteiger partial charge on any atom is 0.300 e. The van der Waals surface area contributed by atoms with Gasteiger partial charge in [0.1, 0.15) is 11.5 Å². The standard InChI is InChI=1S/C28H24N2O6/c1-3-35-21-7-5-6-19(14-21)26(32)24-25(18-10-13-22(31)23(15-18)36-4-2)30(28(34)27(24)33)20-11-8-17(16-29)9-12-20/h5-15,25,31-32H,3-4H2,1-2H3/b26-24-. The molecular formula is C28H24N2O6. The van der Waals surface area contributed by atoms with E-state index in [2.05, 4.69) is 0 Å². The SMILES string of the molecule is CCOc1cccc(/C(O)=C2/C(=O)C(=O)N(c3ccc(C#N)cc3)C2c2ccc(O)c(OCC)c2)c1. The first-order chi connectivity index (χ1) is 17.4. The Kier molecular flexibility index (Phi) is 6.93. The number of aliphatic hydroxyl groups is 1. The van der Waals surface area contributed by atoms with Crippen molar-refractivity contribution in [2.24, 2.45) is 0 Å². The maximum atomic E-state index is 13.3. The predicted octanol–water partition coefficient (Wildman–Crippen LogP) is 4.69. The highest BCUT2D eigenvalue weighted by Crippen LogP contribution is 2.44. The van der Waals surface area contributed by atoms with E-state index in [0.29, 0.717) is 34.7 Å². The molecule has 1 unspecified atom stereocenters. The number of hydrogen-bond acceptors (Lipinski definition) is 7. The Labute approximate surface area is 208 Å². The van der Waals surface area contributed by atoms with E-state index in [4.69, 9.17) is 14.7 Å². The highest BCUT2D eigenvalue weighted by Gasteiger charge is 2.47. The van der Waals surface area contributed by atoms with Crippen LogP contribution in [0.3, 0.4) is 0 Å². The molecule has 0 aliphatic carbocycles. The first-order valence-corrected chi connectivity index (χ1v) is 11.4. The van der Waals surface area contributed by atoms with E-state index < -0.39 is 17.7 Å². The fourth-order valence-electron chi connectivity index (χ4n) is 4.14. The van der Waals surface area contributed by atoms with Crippen molar-refractivity contribution >= 4 is 23.1 Å². The van der Waals surface area contributed by atoms with E-state index in [0.717, 1.165) is 0 Å². The summed E-state index contributed by atoms with van der Waals surface area (Å²) >= 11 is 0.